The first-order valence-corrected chi connectivity index (χ1v) is 4.55. The molecule has 0 atom stereocenters. The standard InChI is InChI=1S/C9H9FNS/c1-6-11(2)8-4-3-7(10)5-9(8)12-6/h3-5H,1-2H3/q+1. The molecule has 0 bridgehead atoms. The number of aryl methyl sites for hydroxylation is 2. The van der Waals surface area contributed by atoms with E-state index in [1.165, 1.54) is 11.1 Å². The molecule has 0 aliphatic heterocycles. The molecule has 0 amide bonds. The Balaban J connectivity index is 2.87. The molecule has 0 N–H and O–H groups in total. The fourth-order valence-electron chi connectivity index (χ4n) is 1.24. The maximum atomic E-state index is 12.8. The van der Waals surface area contributed by atoms with E-state index in [9.17, 15) is 4.39 Å². The highest BCUT2D eigenvalue weighted by Crippen LogP contribution is 2.19. The largest absolute Gasteiger partial charge is 0.234 e. The third kappa shape index (κ3) is 1.01. The first-order valence-electron chi connectivity index (χ1n) is 3.73. The summed E-state index contributed by atoms with van der Waals surface area (Å²) in [5.41, 5.74) is 1.10. The molecule has 0 spiro atoms. The second-order valence-corrected chi connectivity index (χ2v) is 4.03. The van der Waals surface area contributed by atoms with Crippen LogP contribution >= 0.6 is 11.3 Å². The van der Waals surface area contributed by atoms with Crippen molar-refractivity contribution in [3.05, 3.63) is 29.0 Å². The van der Waals surface area contributed by atoms with Crippen molar-refractivity contribution in [1.29, 1.82) is 0 Å². The van der Waals surface area contributed by atoms with Crippen LogP contribution in [0.5, 0.6) is 0 Å². The van der Waals surface area contributed by atoms with Crippen molar-refractivity contribution in [3.8, 4) is 0 Å². The molecule has 0 aliphatic rings. The van der Waals surface area contributed by atoms with Crippen LogP contribution in [0.15, 0.2) is 18.2 Å². The van der Waals surface area contributed by atoms with Crippen molar-refractivity contribution in [2.45, 2.75) is 6.92 Å². The van der Waals surface area contributed by atoms with Crippen LogP contribution in [0.3, 0.4) is 0 Å². The Bertz CT molecular complexity index is 433. The molecule has 0 radical (unpaired) electrons. The molecule has 62 valence electrons. The van der Waals surface area contributed by atoms with Gasteiger partial charge < -0.3 is 0 Å². The lowest BCUT2D eigenvalue weighted by molar-refractivity contribution is -0.646. The Kier molecular flexibility index (Phi) is 1.61. The number of fused-ring (bicyclic) bond motifs is 1. The summed E-state index contributed by atoms with van der Waals surface area (Å²) in [5, 5.41) is 1.19. The van der Waals surface area contributed by atoms with Gasteiger partial charge >= 0.3 is 0 Å². The monoisotopic (exact) mass is 182 g/mol. The highest BCUT2D eigenvalue weighted by molar-refractivity contribution is 7.18. The van der Waals surface area contributed by atoms with Gasteiger partial charge in [0.05, 0.1) is 0 Å². The minimum atomic E-state index is -0.163. The second kappa shape index (κ2) is 2.52. The smallest absolute Gasteiger partial charge is 0.207 e. The Morgan fingerprint density at radius 1 is 1.42 bits per heavy atom. The molecule has 3 heteroatoms. The van der Waals surface area contributed by atoms with Crippen molar-refractivity contribution in [3.63, 3.8) is 0 Å². The molecular formula is C9H9FNS+. The highest BCUT2D eigenvalue weighted by Gasteiger charge is 2.12. The number of hydrogen-bond donors (Lipinski definition) is 0. The van der Waals surface area contributed by atoms with Crippen LogP contribution in [0.4, 0.5) is 4.39 Å². The summed E-state index contributed by atoms with van der Waals surface area (Å²) in [6, 6.07) is 4.88. The molecule has 0 fully saturated rings. The topological polar surface area (TPSA) is 3.88 Å². The molecule has 2 rings (SSSR count). The van der Waals surface area contributed by atoms with E-state index >= 15 is 0 Å². The zero-order valence-corrected chi connectivity index (χ0v) is 7.78. The number of thiazole rings is 1. The van der Waals surface area contributed by atoms with Crippen molar-refractivity contribution >= 4 is 21.6 Å². The van der Waals surface area contributed by atoms with Gasteiger partial charge in [0.2, 0.25) is 10.5 Å². The predicted octanol–water partition coefficient (Wildman–Crippen LogP) is 2.17. The number of rotatable bonds is 0. The fraction of sp³-hybridized carbons (Fsp3) is 0.222. The summed E-state index contributed by atoms with van der Waals surface area (Å²) in [7, 11) is 1.99. The van der Waals surface area contributed by atoms with Gasteiger partial charge in [-0.2, -0.15) is 4.57 Å². The SMILES string of the molecule is Cc1sc2cc(F)ccc2[n+]1C. The van der Waals surface area contributed by atoms with Crippen LogP contribution in [-0.2, 0) is 7.05 Å². The molecule has 1 aromatic carbocycles. The third-order valence-electron chi connectivity index (χ3n) is 2.01. The van der Waals surface area contributed by atoms with Crippen molar-refractivity contribution in [2.24, 2.45) is 7.05 Å². The molecule has 1 nitrogen and oxygen atoms in total. The van der Waals surface area contributed by atoms with Gasteiger partial charge in [-0.25, -0.2) is 4.39 Å². The maximum Gasteiger partial charge on any atom is 0.234 e. The number of nitrogens with zero attached hydrogens (tertiary/aromatic N) is 1. The molecule has 1 aromatic heterocycles. The van der Waals surface area contributed by atoms with E-state index in [1.807, 2.05) is 20.0 Å². The molecule has 0 saturated carbocycles. The first-order chi connectivity index (χ1) is 5.68. The number of aromatic nitrogens is 1. The first kappa shape index (κ1) is 7.68. The molecule has 0 aliphatic carbocycles. The van der Waals surface area contributed by atoms with Crippen LogP contribution in [-0.4, -0.2) is 0 Å². The minimum absolute atomic E-state index is 0.163. The average Bonchev–Trinajstić information content (AvgIpc) is 2.28. The van der Waals surface area contributed by atoms with Gasteiger partial charge in [0.15, 0.2) is 0 Å². The van der Waals surface area contributed by atoms with E-state index in [0.29, 0.717) is 0 Å². The Labute approximate surface area is 74.1 Å². The Morgan fingerprint density at radius 3 is 2.92 bits per heavy atom. The molecule has 2 aromatic rings. The molecule has 12 heavy (non-hydrogen) atoms. The van der Waals surface area contributed by atoms with Crippen molar-refractivity contribution in [1.82, 2.24) is 0 Å². The predicted molar refractivity (Wildman–Crippen MR) is 47.7 cm³/mol. The normalized spacial score (nSPS) is 10.9. The van der Waals surface area contributed by atoms with Crippen LogP contribution < -0.4 is 4.57 Å². The van der Waals surface area contributed by atoms with Gasteiger partial charge in [-0.15, -0.1) is 0 Å². The van der Waals surface area contributed by atoms with E-state index in [0.717, 1.165) is 10.2 Å². The fourth-order valence-corrected chi connectivity index (χ4v) is 2.28. The lowest BCUT2D eigenvalue weighted by Crippen LogP contribution is -2.28. The second-order valence-electron chi connectivity index (χ2n) is 2.79. The summed E-state index contributed by atoms with van der Waals surface area (Å²) in [5.74, 6) is -0.163. The molecule has 1 heterocycles. The zero-order chi connectivity index (χ0) is 8.72. The highest BCUT2D eigenvalue weighted by atomic mass is 32.1. The number of benzene rings is 1. The molecule has 0 unspecified atom stereocenters. The summed E-state index contributed by atoms with van der Waals surface area (Å²) >= 11 is 1.62. The summed E-state index contributed by atoms with van der Waals surface area (Å²) in [6.45, 7) is 2.03. The maximum absolute atomic E-state index is 12.8. The van der Waals surface area contributed by atoms with Gasteiger partial charge in [-0.05, 0) is 12.1 Å². The summed E-state index contributed by atoms with van der Waals surface area (Å²) in [4.78, 5) is 0. The quantitative estimate of drug-likeness (QED) is 0.550. The van der Waals surface area contributed by atoms with Crippen LogP contribution in [0.25, 0.3) is 10.2 Å². The number of halogens is 1. The lowest BCUT2D eigenvalue weighted by atomic mass is 10.3. The van der Waals surface area contributed by atoms with Crippen LogP contribution in [0.2, 0.25) is 0 Å². The third-order valence-corrected chi connectivity index (χ3v) is 3.13. The van der Waals surface area contributed by atoms with E-state index in [1.54, 1.807) is 17.4 Å². The van der Waals surface area contributed by atoms with Gasteiger partial charge in [-0.3, -0.25) is 0 Å². The minimum Gasteiger partial charge on any atom is -0.207 e. The van der Waals surface area contributed by atoms with E-state index in [2.05, 4.69) is 4.57 Å². The van der Waals surface area contributed by atoms with E-state index < -0.39 is 0 Å². The summed E-state index contributed by atoms with van der Waals surface area (Å²) < 4.78 is 15.9. The van der Waals surface area contributed by atoms with Crippen LogP contribution in [0, 0.1) is 12.7 Å². The molecular weight excluding hydrogens is 173 g/mol. The van der Waals surface area contributed by atoms with Crippen LogP contribution in [0.1, 0.15) is 5.01 Å². The molecule has 0 saturated heterocycles. The van der Waals surface area contributed by atoms with Crippen molar-refractivity contribution < 1.29 is 8.96 Å². The van der Waals surface area contributed by atoms with Gasteiger partial charge in [-0.1, -0.05) is 11.3 Å². The Morgan fingerprint density at radius 2 is 2.17 bits per heavy atom. The van der Waals surface area contributed by atoms with Crippen molar-refractivity contribution in [2.75, 3.05) is 0 Å². The lowest BCUT2D eigenvalue weighted by Gasteiger charge is -1.85. The Hall–Kier alpha value is -0.960. The summed E-state index contributed by atoms with van der Waals surface area (Å²) in [6.07, 6.45) is 0. The average molecular weight is 182 g/mol. The zero-order valence-electron chi connectivity index (χ0n) is 6.97. The van der Waals surface area contributed by atoms with Gasteiger partial charge in [0.1, 0.15) is 17.6 Å². The number of hydrogen-bond acceptors (Lipinski definition) is 1. The van der Waals surface area contributed by atoms with Gasteiger partial charge in [0, 0.05) is 13.0 Å². The van der Waals surface area contributed by atoms with Gasteiger partial charge in [0.25, 0.3) is 0 Å². The van der Waals surface area contributed by atoms with E-state index in [-0.39, 0.29) is 5.82 Å². The van der Waals surface area contributed by atoms with E-state index in [4.69, 9.17) is 0 Å².